The lowest BCUT2D eigenvalue weighted by molar-refractivity contribution is -0.139. The highest BCUT2D eigenvalue weighted by molar-refractivity contribution is 6.39. The van der Waals surface area contributed by atoms with Crippen LogP contribution in [0, 0.1) is 0 Å². The molecule has 2 heterocycles. The first-order valence-electron chi connectivity index (χ1n) is 10.6. The molecule has 0 bridgehead atoms. The third-order valence-electron chi connectivity index (χ3n) is 4.80. The van der Waals surface area contributed by atoms with E-state index in [0.29, 0.717) is 18.1 Å². The molecule has 0 spiro atoms. The smallest absolute Gasteiger partial charge is 0.326 e. The van der Waals surface area contributed by atoms with Crippen LogP contribution in [0.1, 0.15) is 28.8 Å². The number of rotatable bonds is 12. The van der Waals surface area contributed by atoms with Crippen LogP contribution in [0.15, 0.2) is 55.0 Å². The van der Waals surface area contributed by atoms with Gasteiger partial charge in [-0.3, -0.25) is 4.79 Å². The minimum atomic E-state index is -1.20. The van der Waals surface area contributed by atoms with E-state index in [9.17, 15) is 14.7 Å². The van der Waals surface area contributed by atoms with Crippen molar-refractivity contribution in [1.82, 2.24) is 20.3 Å². The Bertz CT molecular complexity index is 1080. The molecule has 11 heteroatoms. The fourth-order valence-corrected chi connectivity index (χ4v) is 3.64. The number of anilines is 2. The van der Waals surface area contributed by atoms with Crippen LogP contribution in [0.4, 0.5) is 11.8 Å². The number of unbranched alkanes of at least 4 members (excludes halogenated alkanes) is 1. The number of aliphatic carboxylic acids is 1. The van der Waals surface area contributed by atoms with Gasteiger partial charge in [-0.05, 0) is 42.7 Å². The number of nitrogens with one attached hydrogen (secondary N) is 3. The lowest BCUT2D eigenvalue weighted by atomic mass is 10.1. The summed E-state index contributed by atoms with van der Waals surface area (Å²) in [7, 11) is 0. The number of carbonyl (C=O) groups is 2. The highest BCUT2D eigenvalue weighted by Gasteiger charge is 2.24. The third kappa shape index (κ3) is 7.57. The van der Waals surface area contributed by atoms with Crippen LogP contribution in [0.5, 0.6) is 0 Å². The van der Waals surface area contributed by atoms with Crippen molar-refractivity contribution in [3.63, 3.8) is 0 Å². The van der Waals surface area contributed by atoms with Gasteiger partial charge in [0.1, 0.15) is 11.9 Å². The SMILES string of the molecule is O=C(NC(Cc1cnc(NCCCCNc2ccccn2)nc1)C(=O)O)c1c(Cl)cccc1Cl. The highest BCUT2D eigenvalue weighted by atomic mass is 35.5. The fraction of sp³-hybridized carbons (Fsp3) is 0.261. The lowest BCUT2D eigenvalue weighted by Gasteiger charge is -2.16. The van der Waals surface area contributed by atoms with Crippen LogP contribution in [0.25, 0.3) is 0 Å². The Morgan fingerprint density at radius 1 is 0.912 bits per heavy atom. The van der Waals surface area contributed by atoms with E-state index in [1.165, 1.54) is 24.5 Å². The molecule has 0 aliphatic heterocycles. The zero-order valence-electron chi connectivity index (χ0n) is 18.2. The maximum atomic E-state index is 12.5. The monoisotopic (exact) mass is 502 g/mol. The van der Waals surface area contributed by atoms with Crippen molar-refractivity contribution >= 4 is 46.8 Å². The normalized spacial score (nSPS) is 11.5. The number of benzene rings is 1. The molecule has 9 nitrogen and oxygen atoms in total. The molecule has 0 fully saturated rings. The summed E-state index contributed by atoms with van der Waals surface area (Å²) in [6.45, 7) is 1.50. The molecular weight excluding hydrogens is 479 g/mol. The molecule has 178 valence electrons. The molecule has 3 rings (SSSR count). The van der Waals surface area contributed by atoms with Crippen LogP contribution in [0.2, 0.25) is 10.0 Å². The molecule has 34 heavy (non-hydrogen) atoms. The second-order valence-electron chi connectivity index (χ2n) is 7.36. The van der Waals surface area contributed by atoms with Crippen LogP contribution >= 0.6 is 23.2 Å². The van der Waals surface area contributed by atoms with Crippen molar-refractivity contribution in [1.29, 1.82) is 0 Å². The Morgan fingerprint density at radius 3 is 2.21 bits per heavy atom. The van der Waals surface area contributed by atoms with E-state index in [2.05, 4.69) is 30.9 Å². The molecular formula is C23H24Cl2N6O3. The second-order valence-corrected chi connectivity index (χ2v) is 8.17. The summed E-state index contributed by atoms with van der Waals surface area (Å²) in [5.74, 6) is -0.571. The van der Waals surface area contributed by atoms with Crippen molar-refractivity contribution in [2.24, 2.45) is 0 Å². The number of hydrogen-bond donors (Lipinski definition) is 4. The average Bonchev–Trinajstić information content (AvgIpc) is 2.82. The largest absolute Gasteiger partial charge is 0.480 e. The summed E-state index contributed by atoms with van der Waals surface area (Å²) in [6, 6.07) is 9.13. The average molecular weight is 503 g/mol. The molecule has 1 atom stereocenters. The van der Waals surface area contributed by atoms with Crippen molar-refractivity contribution in [2.45, 2.75) is 25.3 Å². The highest BCUT2D eigenvalue weighted by Crippen LogP contribution is 2.24. The molecule has 1 aromatic carbocycles. The molecule has 0 aliphatic rings. The first-order valence-corrected chi connectivity index (χ1v) is 11.4. The topological polar surface area (TPSA) is 129 Å². The Morgan fingerprint density at radius 2 is 1.59 bits per heavy atom. The number of carboxylic acids is 1. The van der Waals surface area contributed by atoms with Crippen molar-refractivity contribution in [3.8, 4) is 0 Å². The maximum Gasteiger partial charge on any atom is 0.326 e. The van der Waals surface area contributed by atoms with Crippen LogP contribution in [-0.4, -0.2) is 51.1 Å². The quantitative estimate of drug-likeness (QED) is 0.274. The standard InChI is InChI=1S/C23H24Cl2N6O3/c24-16-6-5-7-17(25)20(16)21(32)31-18(22(33)34)12-15-13-29-23(30-14-15)28-11-4-3-10-27-19-8-1-2-9-26-19/h1-2,5-9,13-14,18H,3-4,10-12H2,(H,26,27)(H,31,32)(H,33,34)(H,28,29,30). The molecule has 1 amide bonds. The first-order chi connectivity index (χ1) is 16.4. The summed E-state index contributed by atoms with van der Waals surface area (Å²) >= 11 is 12.1. The predicted molar refractivity (Wildman–Crippen MR) is 132 cm³/mol. The Kier molecular flexibility index (Phi) is 9.42. The van der Waals surface area contributed by atoms with Gasteiger partial charge >= 0.3 is 5.97 Å². The molecule has 0 radical (unpaired) electrons. The van der Waals surface area contributed by atoms with Crippen molar-refractivity contribution in [3.05, 3.63) is 76.2 Å². The predicted octanol–water partition coefficient (Wildman–Crippen LogP) is 3.91. The van der Waals surface area contributed by atoms with Gasteiger partial charge in [0.25, 0.3) is 5.91 Å². The number of nitrogens with zero attached hydrogens (tertiary/aromatic N) is 3. The van der Waals surface area contributed by atoms with Crippen molar-refractivity contribution < 1.29 is 14.7 Å². The van der Waals surface area contributed by atoms with Gasteiger partial charge in [-0.15, -0.1) is 0 Å². The second kappa shape index (κ2) is 12.7. The number of carbonyl (C=O) groups excluding carboxylic acids is 1. The summed E-state index contributed by atoms with van der Waals surface area (Å²) in [6.07, 6.45) is 6.65. The van der Waals surface area contributed by atoms with E-state index in [-0.39, 0.29) is 22.0 Å². The summed E-state index contributed by atoms with van der Waals surface area (Å²) in [5.41, 5.74) is 0.589. The Balaban J connectivity index is 1.45. The number of carboxylic acid groups (broad SMARTS) is 1. The van der Waals surface area contributed by atoms with Gasteiger partial charge < -0.3 is 21.1 Å². The molecule has 3 aromatic rings. The molecule has 1 unspecified atom stereocenters. The minimum absolute atomic E-state index is 0.00260. The van der Waals surface area contributed by atoms with E-state index in [1.807, 2.05) is 18.2 Å². The summed E-state index contributed by atoms with van der Waals surface area (Å²) < 4.78 is 0. The van der Waals surface area contributed by atoms with E-state index in [1.54, 1.807) is 12.3 Å². The van der Waals surface area contributed by atoms with Crippen LogP contribution in [-0.2, 0) is 11.2 Å². The van der Waals surface area contributed by atoms with Gasteiger partial charge in [0.2, 0.25) is 5.95 Å². The number of hydrogen-bond acceptors (Lipinski definition) is 7. The van der Waals surface area contributed by atoms with Crippen LogP contribution in [0.3, 0.4) is 0 Å². The van der Waals surface area contributed by atoms with E-state index < -0.39 is 17.9 Å². The van der Waals surface area contributed by atoms with E-state index in [4.69, 9.17) is 23.2 Å². The van der Waals surface area contributed by atoms with Gasteiger partial charge in [-0.2, -0.15) is 0 Å². The van der Waals surface area contributed by atoms with Crippen molar-refractivity contribution in [2.75, 3.05) is 23.7 Å². The zero-order chi connectivity index (χ0) is 24.3. The molecule has 4 N–H and O–H groups in total. The van der Waals surface area contributed by atoms with E-state index in [0.717, 1.165) is 25.2 Å². The molecule has 2 aromatic heterocycles. The summed E-state index contributed by atoms with van der Waals surface area (Å²) in [5, 5.41) is 18.7. The maximum absolute atomic E-state index is 12.5. The third-order valence-corrected chi connectivity index (χ3v) is 5.43. The molecule has 0 saturated heterocycles. The lowest BCUT2D eigenvalue weighted by Crippen LogP contribution is -2.42. The van der Waals surface area contributed by atoms with Gasteiger partial charge in [0.15, 0.2) is 0 Å². The van der Waals surface area contributed by atoms with Gasteiger partial charge in [0, 0.05) is 38.1 Å². The first kappa shape index (κ1) is 25.2. The van der Waals surface area contributed by atoms with Gasteiger partial charge in [0.05, 0.1) is 15.6 Å². The Labute approximate surface area is 206 Å². The Hall–Kier alpha value is -3.43. The number of aromatic nitrogens is 3. The molecule has 0 saturated carbocycles. The van der Waals surface area contributed by atoms with Gasteiger partial charge in [-0.25, -0.2) is 19.7 Å². The fourth-order valence-electron chi connectivity index (χ4n) is 3.07. The number of halogens is 2. The number of pyridine rings is 1. The van der Waals surface area contributed by atoms with Crippen LogP contribution < -0.4 is 16.0 Å². The minimum Gasteiger partial charge on any atom is -0.480 e. The van der Waals surface area contributed by atoms with E-state index >= 15 is 0 Å². The zero-order valence-corrected chi connectivity index (χ0v) is 19.7. The number of amides is 1. The molecule has 0 aliphatic carbocycles. The summed E-state index contributed by atoms with van der Waals surface area (Å²) in [4.78, 5) is 36.9. The van der Waals surface area contributed by atoms with Gasteiger partial charge in [-0.1, -0.05) is 35.3 Å².